The highest BCUT2D eigenvalue weighted by Gasteiger charge is 2.20. The normalized spacial score (nSPS) is 10.9. The molecule has 1 aromatic heterocycles. The summed E-state index contributed by atoms with van der Waals surface area (Å²) in [5, 5.41) is 3.88. The third kappa shape index (κ3) is 3.43. The predicted octanol–water partition coefficient (Wildman–Crippen LogP) is 5.42. The Kier molecular flexibility index (Phi) is 4.95. The van der Waals surface area contributed by atoms with Crippen LogP contribution in [0.4, 0.5) is 5.82 Å². The van der Waals surface area contributed by atoms with Crippen molar-refractivity contribution in [3.05, 3.63) is 99.2 Å². The van der Waals surface area contributed by atoms with Gasteiger partial charge in [0.15, 0.2) is 5.43 Å². The molecule has 0 aliphatic carbocycles. The van der Waals surface area contributed by atoms with Gasteiger partial charge in [-0.25, -0.2) is 0 Å². The summed E-state index contributed by atoms with van der Waals surface area (Å²) in [6.45, 7) is 1.97. The standard InChI is InChI=1S/C24H19ClN2O2/c1-15-8-7-9-16(14-15)21-22(28)18-11-4-6-13-20(18)27(2)23(21)26-24(29)17-10-3-5-12-19(17)25/h3-14H,1-2H3,(H,26,29). The van der Waals surface area contributed by atoms with E-state index in [1.165, 1.54) is 0 Å². The quantitative estimate of drug-likeness (QED) is 0.497. The Balaban J connectivity index is 1.98. The van der Waals surface area contributed by atoms with Gasteiger partial charge in [0.1, 0.15) is 5.82 Å². The first-order valence-electron chi connectivity index (χ1n) is 9.22. The number of fused-ring (bicyclic) bond motifs is 1. The zero-order valence-electron chi connectivity index (χ0n) is 16.1. The highest BCUT2D eigenvalue weighted by molar-refractivity contribution is 6.34. The lowest BCUT2D eigenvalue weighted by atomic mass is 10.0. The van der Waals surface area contributed by atoms with Crippen LogP contribution in [0.15, 0.2) is 77.6 Å². The second-order valence-electron chi connectivity index (χ2n) is 6.93. The van der Waals surface area contributed by atoms with Gasteiger partial charge in [0.2, 0.25) is 0 Å². The Morgan fingerprint density at radius 1 is 0.966 bits per heavy atom. The number of aromatic nitrogens is 1. The second-order valence-corrected chi connectivity index (χ2v) is 7.34. The number of benzene rings is 3. The lowest BCUT2D eigenvalue weighted by Gasteiger charge is -2.18. The lowest BCUT2D eigenvalue weighted by molar-refractivity contribution is 0.102. The van der Waals surface area contributed by atoms with Gasteiger partial charge in [-0.3, -0.25) is 9.59 Å². The summed E-state index contributed by atoms with van der Waals surface area (Å²) in [7, 11) is 1.84. The number of hydrogen-bond donors (Lipinski definition) is 1. The van der Waals surface area contributed by atoms with Crippen molar-refractivity contribution >= 4 is 34.2 Å². The summed E-state index contributed by atoms with van der Waals surface area (Å²) in [5.74, 6) is 0.0685. The Hall–Kier alpha value is -3.37. The van der Waals surface area contributed by atoms with Crippen molar-refractivity contribution in [3.63, 3.8) is 0 Å². The van der Waals surface area contributed by atoms with Crippen LogP contribution in [-0.4, -0.2) is 10.5 Å². The molecule has 4 rings (SSSR count). The molecule has 0 saturated heterocycles. The Labute approximate surface area is 173 Å². The molecule has 144 valence electrons. The van der Waals surface area contributed by atoms with E-state index >= 15 is 0 Å². The molecule has 0 atom stereocenters. The number of pyridine rings is 1. The predicted molar refractivity (Wildman–Crippen MR) is 119 cm³/mol. The van der Waals surface area contributed by atoms with Gasteiger partial charge in [0, 0.05) is 12.4 Å². The number of halogens is 1. The maximum absolute atomic E-state index is 13.4. The van der Waals surface area contributed by atoms with Crippen molar-refractivity contribution in [2.24, 2.45) is 7.05 Å². The minimum absolute atomic E-state index is 0.126. The Morgan fingerprint density at radius 2 is 1.69 bits per heavy atom. The van der Waals surface area contributed by atoms with Gasteiger partial charge in [-0.2, -0.15) is 0 Å². The molecule has 0 unspecified atom stereocenters. The molecule has 0 saturated carbocycles. The fraction of sp³-hybridized carbons (Fsp3) is 0.0833. The van der Waals surface area contributed by atoms with Crippen molar-refractivity contribution in [2.45, 2.75) is 6.92 Å². The van der Waals surface area contributed by atoms with Crippen LogP contribution in [0.25, 0.3) is 22.0 Å². The van der Waals surface area contributed by atoms with Crippen molar-refractivity contribution < 1.29 is 4.79 Å². The van der Waals surface area contributed by atoms with Gasteiger partial charge < -0.3 is 9.88 Å². The number of aryl methyl sites for hydroxylation is 2. The molecule has 29 heavy (non-hydrogen) atoms. The van der Waals surface area contributed by atoms with E-state index in [2.05, 4.69) is 5.32 Å². The van der Waals surface area contributed by atoms with E-state index in [-0.39, 0.29) is 11.3 Å². The van der Waals surface area contributed by atoms with E-state index in [4.69, 9.17) is 11.6 Å². The van der Waals surface area contributed by atoms with Crippen LogP contribution in [-0.2, 0) is 7.05 Å². The molecule has 3 aromatic carbocycles. The number of hydrogen-bond acceptors (Lipinski definition) is 2. The zero-order valence-corrected chi connectivity index (χ0v) is 16.8. The molecule has 0 bridgehead atoms. The molecule has 0 radical (unpaired) electrons. The topological polar surface area (TPSA) is 51.1 Å². The van der Waals surface area contributed by atoms with E-state index in [0.29, 0.717) is 27.4 Å². The number of para-hydroxylation sites is 1. The number of carbonyl (C=O) groups excluding carboxylic acids is 1. The van der Waals surface area contributed by atoms with Crippen LogP contribution in [0.1, 0.15) is 15.9 Å². The molecule has 5 heteroatoms. The van der Waals surface area contributed by atoms with Crippen LogP contribution < -0.4 is 10.7 Å². The van der Waals surface area contributed by atoms with Crippen LogP contribution in [0.5, 0.6) is 0 Å². The molecular weight excluding hydrogens is 384 g/mol. The van der Waals surface area contributed by atoms with Crippen molar-refractivity contribution in [1.29, 1.82) is 0 Å². The van der Waals surface area contributed by atoms with E-state index in [1.807, 2.05) is 61.0 Å². The summed E-state index contributed by atoms with van der Waals surface area (Å²) < 4.78 is 1.84. The summed E-state index contributed by atoms with van der Waals surface area (Å²) in [6, 6.07) is 21.9. The molecular formula is C24H19ClN2O2. The molecule has 1 amide bonds. The Bertz CT molecular complexity index is 1310. The van der Waals surface area contributed by atoms with Gasteiger partial charge >= 0.3 is 0 Å². The van der Waals surface area contributed by atoms with Crippen molar-refractivity contribution in [1.82, 2.24) is 4.57 Å². The summed E-state index contributed by atoms with van der Waals surface area (Å²) in [6.07, 6.45) is 0. The molecule has 0 fully saturated rings. The number of nitrogens with one attached hydrogen (secondary N) is 1. The minimum Gasteiger partial charge on any atom is -0.330 e. The molecule has 1 N–H and O–H groups in total. The van der Waals surface area contributed by atoms with E-state index in [9.17, 15) is 9.59 Å². The van der Waals surface area contributed by atoms with Gasteiger partial charge in [0.25, 0.3) is 5.91 Å². The third-order valence-corrected chi connectivity index (χ3v) is 5.30. The average molecular weight is 403 g/mol. The molecule has 0 aliphatic heterocycles. The van der Waals surface area contributed by atoms with Crippen LogP contribution in [0.2, 0.25) is 5.02 Å². The molecule has 1 heterocycles. The van der Waals surface area contributed by atoms with E-state index < -0.39 is 0 Å². The van der Waals surface area contributed by atoms with Gasteiger partial charge in [-0.05, 0) is 36.8 Å². The van der Waals surface area contributed by atoms with Gasteiger partial charge in [-0.1, -0.05) is 65.7 Å². The second kappa shape index (κ2) is 7.57. The number of anilines is 1. The van der Waals surface area contributed by atoms with Crippen molar-refractivity contribution in [2.75, 3.05) is 5.32 Å². The van der Waals surface area contributed by atoms with Crippen molar-refractivity contribution in [3.8, 4) is 11.1 Å². The fourth-order valence-electron chi connectivity index (χ4n) is 3.52. The summed E-state index contributed by atoms with van der Waals surface area (Å²) in [4.78, 5) is 26.4. The average Bonchev–Trinajstić information content (AvgIpc) is 2.72. The molecule has 4 aromatic rings. The first kappa shape index (κ1) is 19.0. The highest BCUT2D eigenvalue weighted by Crippen LogP contribution is 2.29. The smallest absolute Gasteiger partial charge is 0.258 e. The maximum Gasteiger partial charge on any atom is 0.258 e. The number of rotatable bonds is 3. The lowest BCUT2D eigenvalue weighted by Crippen LogP contribution is -2.21. The van der Waals surface area contributed by atoms with Gasteiger partial charge in [-0.15, -0.1) is 0 Å². The number of amides is 1. The SMILES string of the molecule is Cc1cccc(-c2c(NC(=O)c3ccccc3Cl)n(C)c3ccccc3c2=O)c1. The fourth-order valence-corrected chi connectivity index (χ4v) is 3.75. The van der Waals surface area contributed by atoms with Crippen LogP contribution >= 0.6 is 11.6 Å². The molecule has 0 spiro atoms. The third-order valence-electron chi connectivity index (χ3n) is 4.97. The zero-order chi connectivity index (χ0) is 20.5. The van der Waals surface area contributed by atoms with E-state index in [1.54, 1.807) is 30.3 Å². The van der Waals surface area contributed by atoms with Gasteiger partial charge in [0.05, 0.1) is 21.7 Å². The minimum atomic E-state index is -0.366. The highest BCUT2D eigenvalue weighted by atomic mass is 35.5. The summed E-state index contributed by atoms with van der Waals surface area (Å²) >= 11 is 6.20. The number of carbonyl (C=O) groups is 1. The van der Waals surface area contributed by atoms with Crippen LogP contribution in [0.3, 0.4) is 0 Å². The first-order valence-corrected chi connectivity index (χ1v) is 9.60. The number of nitrogens with zero attached hydrogens (tertiary/aromatic N) is 1. The molecule has 4 nitrogen and oxygen atoms in total. The Morgan fingerprint density at radius 3 is 2.45 bits per heavy atom. The first-order chi connectivity index (χ1) is 14.0. The largest absolute Gasteiger partial charge is 0.330 e. The van der Waals surface area contributed by atoms with Crippen LogP contribution in [0, 0.1) is 6.92 Å². The molecule has 0 aliphatic rings. The summed E-state index contributed by atoms with van der Waals surface area (Å²) in [5.41, 5.74) is 3.20. The maximum atomic E-state index is 13.4. The monoisotopic (exact) mass is 402 g/mol. The van der Waals surface area contributed by atoms with E-state index in [0.717, 1.165) is 16.6 Å².